The van der Waals surface area contributed by atoms with Gasteiger partial charge < -0.3 is 18.6 Å². The van der Waals surface area contributed by atoms with Crippen molar-refractivity contribution in [2.75, 3.05) is 14.2 Å². The van der Waals surface area contributed by atoms with Gasteiger partial charge in [-0.2, -0.15) is 0 Å². The van der Waals surface area contributed by atoms with Gasteiger partial charge in [0.1, 0.15) is 23.4 Å². The lowest BCUT2D eigenvalue weighted by Crippen LogP contribution is -1.89. The Kier molecular flexibility index (Phi) is 2.95. The van der Waals surface area contributed by atoms with Crippen LogP contribution in [0.15, 0.2) is 28.8 Å². The number of ether oxygens (including phenoxy) is 3. The van der Waals surface area contributed by atoms with Gasteiger partial charge in [-0.05, 0) is 0 Å². The Morgan fingerprint density at radius 2 is 1.69 bits per heavy atom. The molecule has 0 aliphatic carbocycles. The molecule has 2 rings (SSSR count). The second-order valence-electron chi connectivity index (χ2n) is 2.92. The number of benzene rings is 1. The molecule has 1 radical (unpaired) electrons. The topological polar surface area (TPSA) is 53.7 Å². The van der Waals surface area contributed by atoms with E-state index in [1.54, 1.807) is 32.4 Å². The first-order valence-electron chi connectivity index (χ1n) is 4.54. The predicted molar refractivity (Wildman–Crippen MR) is 55.0 cm³/mol. The Morgan fingerprint density at radius 1 is 1.06 bits per heavy atom. The average molecular weight is 220 g/mol. The molecule has 1 aromatic carbocycles. The fourth-order valence-corrected chi connectivity index (χ4v) is 1.18. The van der Waals surface area contributed by atoms with Gasteiger partial charge in [0.2, 0.25) is 0 Å². The van der Waals surface area contributed by atoms with E-state index < -0.39 is 0 Å². The van der Waals surface area contributed by atoms with Crippen LogP contribution in [0, 0.1) is 6.39 Å². The van der Waals surface area contributed by atoms with Crippen molar-refractivity contribution in [1.82, 2.24) is 4.98 Å². The summed E-state index contributed by atoms with van der Waals surface area (Å²) in [4.78, 5) is 3.62. The molecule has 0 fully saturated rings. The van der Waals surface area contributed by atoms with Crippen molar-refractivity contribution in [2.45, 2.75) is 0 Å². The van der Waals surface area contributed by atoms with Crippen molar-refractivity contribution in [2.24, 2.45) is 0 Å². The molecule has 0 saturated carbocycles. The lowest BCUT2D eigenvalue weighted by atomic mass is 10.3. The fourth-order valence-electron chi connectivity index (χ4n) is 1.18. The standard InChI is InChI=1S/C11H10NO4/c1-13-8-3-9(14-2)5-10(4-8)16-11-6-12-7-15-11/h3-6H,1-2H3. The molecular weight excluding hydrogens is 210 g/mol. The van der Waals surface area contributed by atoms with Gasteiger partial charge in [0.05, 0.1) is 14.2 Å². The van der Waals surface area contributed by atoms with Crippen LogP contribution in [0.4, 0.5) is 0 Å². The highest BCUT2D eigenvalue weighted by Gasteiger charge is 2.05. The van der Waals surface area contributed by atoms with Crippen molar-refractivity contribution in [3.8, 4) is 23.2 Å². The third-order valence-electron chi connectivity index (χ3n) is 1.91. The van der Waals surface area contributed by atoms with Crippen LogP contribution >= 0.6 is 0 Å². The van der Waals surface area contributed by atoms with Crippen molar-refractivity contribution in [3.63, 3.8) is 0 Å². The number of rotatable bonds is 4. The summed E-state index contributed by atoms with van der Waals surface area (Å²) in [6, 6.07) is 5.18. The number of oxazole rings is 1. The highest BCUT2D eigenvalue weighted by Crippen LogP contribution is 2.30. The maximum atomic E-state index is 5.38. The first kappa shape index (κ1) is 10.4. The van der Waals surface area contributed by atoms with E-state index >= 15 is 0 Å². The zero-order valence-electron chi connectivity index (χ0n) is 8.89. The van der Waals surface area contributed by atoms with Gasteiger partial charge in [-0.25, -0.2) is 4.98 Å². The Labute approximate surface area is 92.6 Å². The molecule has 0 aliphatic rings. The van der Waals surface area contributed by atoms with E-state index in [0.717, 1.165) is 0 Å². The van der Waals surface area contributed by atoms with Gasteiger partial charge in [0.25, 0.3) is 6.39 Å². The number of nitrogens with zero attached hydrogens (tertiary/aromatic N) is 1. The summed E-state index contributed by atoms with van der Waals surface area (Å²) in [7, 11) is 3.14. The number of hydrogen-bond donors (Lipinski definition) is 0. The smallest absolute Gasteiger partial charge is 0.311 e. The minimum atomic E-state index is 0.260. The maximum Gasteiger partial charge on any atom is 0.311 e. The van der Waals surface area contributed by atoms with Crippen LogP contribution in [0.3, 0.4) is 0 Å². The summed E-state index contributed by atoms with van der Waals surface area (Å²) in [5, 5.41) is 0. The Morgan fingerprint density at radius 3 is 2.19 bits per heavy atom. The SMILES string of the molecule is COc1cc(OC)cc(Oc2cn[c]o2)c1. The van der Waals surface area contributed by atoms with Crippen molar-refractivity contribution in [3.05, 3.63) is 30.8 Å². The van der Waals surface area contributed by atoms with Crippen LogP contribution in [-0.4, -0.2) is 19.2 Å². The van der Waals surface area contributed by atoms with Crippen molar-refractivity contribution < 1.29 is 18.6 Å². The molecule has 0 saturated heterocycles. The average Bonchev–Trinajstić information content (AvgIpc) is 2.81. The van der Waals surface area contributed by atoms with Crippen molar-refractivity contribution >= 4 is 0 Å². The molecule has 0 bridgehead atoms. The number of aromatic nitrogens is 1. The molecule has 0 unspecified atom stereocenters. The Balaban J connectivity index is 2.26. The van der Waals surface area contributed by atoms with Gasteiger partial charge in [0, 0.05) is 18.2 Å². The van der Waals surface area contributed by atoms with Gasteiger partial charge in [-0.15, -0.1) is 0 Å². The van der Waals surface area contributed by atoms with Gasteiger partial charge in [-0.3, -0.25) is 0 Å². The number of methoxy groups -OCH3 is 2. The van der Waals surface area contributed by atoms with Gasteiger partial charge in [-0.1, -0.05) is 0 Å². The molecule has 83 valence electrons. The third kappa shape index (κ3) is 2.25. The van der Waals surface area contributed by atoms with Crippen LogP contribution in [0.5, 0.6) is 23.2 Å². The zero-order valence-corrected chi connectivity index (χ0v) is 8.89. The first-order chi connectivity index (χ1) is 7.81. The summed E-state index contributed by atoms with van der Waals surface area (Å²) in [5.74, 6) is 2.08. The second kappa shape index (κ2) is 4.57. The van der Waals surface area contributed by atoms with Crippen LogP contribution in [0.2, 0.25) is 0 Å². The summed E-state index contributed by atoms with van der Waals surface area (Å²) in [6.07, 6.45) is 3.72. The fraction of sp³-hybridized carbons (Fsp3) is 0.182. The van der Waals surface area contributed by atoms with Crippen LogP contribution in [0.1, 0.15) is 0 Å². The largest absolute Gasteiger partial charge is 0.496 e. The molecule has 1 heterocycles. The van der Waals surface area contributed by atoms with E-state index in [-0.39, 0.29) is 5.95 Å². The molecule has 2 aromatic rings. The Hall–Kier alpha value is -2.17. The van der Waals surface area contributed by atoms with E-state index in [4.69, 9.17) is 18.6 Å². The van der Waals surface area contributed by atoms with Crippen LogP contribution < -0.4 is 14.2 Å². The van der Waals surface area contributed by atoms with Crippen LogP contribution in [-0.2, 0) is 0 Å². The van der Waals surface area contributed by atoms with E-state index in [1.165, 1.54) is 6.20 Å². The lowest BCUT2D eigenvalue weighted by Gasteiger charge is -2.07. The molecule has 0 N–H and O–H groups in total. The van der Waals surface area contributed by atoms with Gasteiger partial charge in [0.15, 0.2) is 0 Å². The quantitative estimate of drug-likeness (QED) is 0.791. The summed E-state index contributed by atoms with van der Waals surface area (Å²) in [6.45, 7) is 0. The highest BCUT2D eigenvalue weighted by atomic mass is 16.6. The maximum absolute atomic E-state index is 5.38. The zero-order chi connectivity index (χ0) is 11.4. The van der Waals surface area contributed by atoms with Crippen molar-refractivity contribution in [1.29, 1.82) is 0 Å². The monoisotopic (exact) mass is 220 g/mol. The highest BCUT2D eigenvalue weighted by molar-refractivity contribution is 5.42. The minimum Gasteiger partial charge on any atom is -0.496 e. The first-order valence-corrected chi connectivity index (χ1v) is 4.54. The third-order valence-corrected chi connectivity index (χ3v) is 1.91. The summed E-state index contributed by atoms with van der Waals surface area (Å²) in [5.41, 5.74) is 0. The molecule has 0 amide bonds. The molecule has 1 aromatic heterocycles. The van der Waals surface area contributed by atoms with E-state index in [0.29, 0.717) is 17.2 Å². The normalized spacial score (nSPS) is 9.88. The lowest BCUT2D eigenvalue weighted by molar-refractivity contribution is 0.336. The molecular formula is C11H10NO4. The second-order valence-corrected chi connectivity index (χ2v) is 2.92. The molecule has 16 heavy (non-hydrogen) atoms. The van der Waals surface area contributed by atoms with Gasteiger partial charge >= 0.3 is 5.95 Å². The van der Waals surface area contributed by atoms with Crippen LogP contribution in [0.25, 0.3) is 0 Å². The molecule has 0 aliphatic heterocycles. The molecule has 0 atom stereocenters. The van der Waals surface area contributed by atoms with E-state index in [9.17, 15) is 0 Å². The number of hydrogen-bond acceptors (Lipinski definition) is 5. The predicted octanol–water partition coefficient (Wildman–Crippen LogP) is 2.28. The minimum absolute atomic E-state index is 0.260. The summed E-state index contributed by atoms with van der Waals surface area (Å²) >= 11 is 0. The Bertz CT molecular complexity index is 431. The summed E-state index contributed by atoms with van der Waals surface area (Å²) < 4.78 is 20.4. The van der Waals surface area contributed by atoms with E-state index in [1.807, 2.05) is 0 Å². The van der Waals surface area contributed by atoms with E-state index in [2.05, 4.69) is 11.4 Å². The molecule has 0 spiro atoms. The molecule has 5 heteroatoms. The molecule has 5 nitrogen and oxygen atoms in total.